The van der Waals surface area contributed by atoms with Crippen molar-refractivity contribution in [3.63, 3.8) is 0 Å². The molecule has 0 unspecified atom stereocenters. The van der Waals surface area contributed by atoms with Gasteiger partial charge in [-0.1, -0.05) is 42.0 Å². The highest BCUT2D eigenvalue weighted by atomic mass is 16.2. The van der Waals surface area contributed by atoms with Crippen molar-refractivity contribution in [2.45, 2.75) is 20.3 Å². The van der Waals surface area contributed by atoms with Crippen molar-refractivity contribution in [1.29, 1.82) is 0 Å². The van der Waals surface area contributed by atoms with Gasteiger partial charge in [-0.2, -0.15) is 0 Å². The lowest BCUT2D eigenvalue weighted by molar-refractivity contribution is -0.130. The minimum absolute atomic E-state index is 0.234. The molecule has 0 N–H and O–H groups in total. The van der Waals surface area contributed by atoms with Crippen LogP contribution in [0.15, 0.2) is 48.5 Å². The molecule has 0 spiro atoms. The van der Waals surface area contributed by atoms with E-state index in [-0.39, 0.29) is 5.91 Å². The second-order valence-corrected chi connectivity index (χ2v) is 6.37. The summed E-state index contributed by atoms with van der Waals surface area (Å²) in [7, 11) is 0. The molecule has 1 heterocycles. The Kier molecular flexibility index (Phi) is 4.65. The van der Waals surface area contributed by atoms with Gasteiger partial charge in [-0.3, -0.25) is 4.79 Å². The van der Waals surface area contributed by atoms with Crippen LogP contribution in [0.5, 0.6) is 0 Å². The van der Waals surface area contributed by atoms with Crippen LogP contribution < -0.4 is 4.90 Å². The Morgan fingerprint density at radius 3 is 2.26 bits per heavy atom. The second kappa shape index (κ2) is 6.86. The molecular formula is C20H24N2O. The van der Waals surface area contributed by atoms with E-state index in [4.69, 9.17) is 0 Å². The predicted octanol–water partition coefficient (Wildman–Crippen LogP) is 3.19. The summed E-state index contributed by atoms with van der Waals surface area (Å²) in [5, 5.41) is 0. The number of amides is 1. The first kappa shape index (κ1) is 15.6. The third kappa shape index (κ3) is 3.92. The molecule has 1 saturated heterocycles. The summed E-state index contributed by atoms with van der Waals surface area (Å²) < 4.78 is 0. The Morgan fingerprint density at radius 2 is 1.61 bits per heavy atom. The predicted molar refractivity (Wildman–Crippen MR) is 94.9 cm³/mol. The number of piperazine rings is 1. The molecule has 0 saturated carbocycles. The van der Waals surface area contributed by atoms with E-state index in [1.807, 2.05) is 4.90 Å². The molecule has 1 amide bonds. The molecule has 0 aliphatic carbocycles. The zero-order valence-electron chi connectivity index (χ0n) is 14.0. The van der Waals surface area contributed by atoms with Crippen LogP contribution in [0.25, 0.3) is 0 Å². The standard InChI is InChI=1S/C20H24N2O/c1-16-6-8-18(9-7-16)15-20(23)22-12-10-21(11-13-22)19-5-3-4-17(2)14-19/h3-9,14H,10-13,15H2,1-2H3. The Labute approximate surface area is 138 Å². The number of carbonyl (C=O) groups excluding carboxylic acids is 1. The van der Waals surface area contributed by atoms with Crippen molar-refractivity contribution in [2.75, 3.05) is 31.1 Å². The summed E-state index contributed by atoms with van der Waals surface area (Å²) in [5.41, 5.74) is 4.87. The van der Waals surface area contributed by atoms with Crippen LogP contribution >= 0.6 is 0 Å². The number of carbonyl (C=O) groups is 1. The largest absolute Gasteiger partial charge is 0.368 e. The Hall–Kier alpha value is -2.29. The molecule has 1 fully saturated rings. The second-order valence-electron chi connectivity index (χ2n) is 6.37. The first-order valence-corrected chi connectivity index (χ1v) is 8.27. The van der Waals surface area contributed by atoms with Crippen LogP contribution in [0.2, 0.25) is 0 Å². The summed E-state index contributed by atoms with van der Waals surface area (Å²) in [5.74, 6) is 0.234. The van der Waals surface area contributed by atoms with Gasteiger partial charge in [-0.15, -0.1) is 0 Å². The van der Waals surface area contributed by atoms with Crippen LogP contribution in [0.4, 0.5) is 5.69 Å². The molecule has 2 aromatic carbocycles. The quantitative estimate of drug-likeness (QED) is 0.869. The Morgan fingerprint density at radius 1 is 0.913 bits per heavy atom. The van der Waals surface area contributed by atoms with E-state index in [9.17, 15) is 4.79 Å². The highest BCUT2D eigenvalue weighted by Crippen LogP contribution is 2.18. The number of hydrogen-bond donors (Lipinski definition) is 0. The first-order chi connectivity index (χ1) is 11.1. The van der Waals surface area contributed by atoms with Gasteiger partial charge in [0, 0.05) is 31.9 Å². The van der Waals surface area contributed by atoms with Crippen molar-refractivity contribution in [1.82, 2.24) is 4.90 Å². The van der Waals surface area contributed by atoms with Crippen LogP contribution in [0.3, 0.4) is 0 Å². The van der Waals surface area contributed by atoms with E-state index in [0.29, 0.717) is 6.42 Å². The van der Waals surface area contributed by atoms with Crippen molar-refractivity contribution in [2.24, 2.45) is 0 Å². The molecule has 2 aromatic rings. The summed E-state index contributed by atoms with van der Waals surface area (Å²) in [6.45, 7) is 7.60. The molecule has 1 aliphatic heterocycles. The van der Waals surface area contributed by atoms with E-state index in [1.54, 1.807) is 0 Å². The first-order valence-electron chi connectivity index (χ1n) is 8.27. The van der Waals surface area contributed by atoms with Crippen LogP contribution in [0.1, 0.15) is 16.7 Å². The summed E-state index contributed by atoms with van der Waals surface area (Å²) in [6, 6.07) is 16.8. The van der Waals surface area contributed by atoms with Crippen LogP contribution in [-0.2, 0) is 11.2 Å². The zero-order valence-corrected chi connectivity index (χ0v) is 14.0. The average Bonchev–Trinajstić information content (AvgIpc) is 2.57. The minimum Gasteiger partial charge on any atom is -0.368 e. The van der Waals surface area contributed by atoms with E-state index >= 15 is 0 Å². The van der Waals surface area contributed by atoms with Gasteiger partial charge in [0.25, 0.3) is 0 Å². The maximum absolute atomic E-state index is 12.5. The SMILES string of the molecule is Cc1ccc(CC(=O)N2CCN(c3cccc(C)c3)CC2)cc1. The molecule has 0 bridgehead atoms. The number of benzene rings is 2. The summed E-state index contributed by atoms with van der Waals surface area (Å²) in [6.07, 6.45) is 0.505. The number of aryl methyl sites for hydroxylation is 2. The van der Waals surface area contributed by atoms with E-state index < -0.39 is 0 Å². The van der Waals surface area contributed by atoms with Crippen LogP contribution in [-0.4, -0.2) is 37.0 Å². The normalized spacial score (nSPS) is 14.9. The van der Waals surface area contributed by atoms with Gasteiger partial charge in [0.05, 0.1) is 6.42 Å². The fourth-order valence-corrected chi connectivity index (χ4v) is 3.03. The van der Waals surface area contributed by atoms with Crippen LogP contribution in [0, 0.1) is 13.8 Å². The Bertz CT molecular complexity index is 670. The lowest BCUT2D eigenvalue weighted by Gasteiger charge is -2.36. The highest BCUT2D eigenvalue weighted by molar-refractivity contribution is 5.79. The monoisotopic (exact) mass is 308 g/mol. The minimum atomic E-state index is 0.234. The van der Waals surface area contributed by atoms with Crippen molar-refractivity contribution in [3.05, 3.63) is 65.2 Å². The topological polar surface area (TPSA) is 23.6 Å². The lowest BCUT2D eigenvalue weighted by atomic mass is 10.1. The van der Waals surface area contributed by atoms with Gasteiger partial charge >= 0.3 is 0 Å². The molecule has 0 radical (unpaired) electrons. The summed E-state index contributed by atoms with van der Waals surface area (Å²) in [4.78, 5) is 16.8. The number of anilines is 1. The van der Waals surface area contributed by atoms with Gasteiger partial charge < -0.3 is 9.80 Å². The van der Waals surface area contributed by atoms with E-state index in [0.717, 1.165) is 31.7 Å². The molecule has 3 nitrogen and oxygen atoms in total. The average molecular weight is 308 g/mol. The van der Waals surface area contributed by atoms with Crippen molar-refractivity contribution >= 4 is 11.6 Å². The van der Waals surface area contributed by atoms with Gasteiger partial charge in [0.15, 0.2) is 0 Å². The van der Waals surface area contributed by atoms with Gasteiger partial charge in [-0.05, 0) is 37.1 Å². The zero-order chi connectivity index (χ0) is 16.2. The number of nitrogens with zero attached hydrogens (tertiary/aromatic N) is 2. The molecule has 0 atom stereocenters. The van der Waals surface area contributed by atoms with E-state index in [1.165, 1.54) is 16.8 Å². The third-order valence-corrected chi connectivity index (χ3v) is 4.48. The fourth-order valence-electron chi connectivity index (χ4n) is 3.03. The van der Waals surface area contributed by atoms with E-state index in [2.05, 4.69) is 67.3 Å². The van der Waals surface area contributed by atoms with Crippen molar-refractivity contribution in [3.8, 4) is 0 Å². The lowest BCUT2D eigenvalue weighted by Crippen LogP contribution is -2.49. The molecule has 1 aliphatic rings. The van der Waals surface area contributed by atoms with Gasteiger partial charge in [0.1, 0.15) is 0 Å². The van der Waals surface area contributed by atoms with Crippen molar-refractivity contribution < 1.29 is 4.79 Å². The maximum atomic E-state index is 12.5. The highest BCUT2D eigenvalue weighted by Gasteiger charge is 2.21. The molecule has 0 aromatic heterocycles. The number of hydrogen-bond acceptors (Lipinski definition) is 2. The smallest absolute Gasteiger partial charge is 0.227 e. The Balaban J connectivity index is 1.56. The fraction of sp³-hybridized carbons (Fsp3) is 0.350. The molecular weight excluding hydrogens is 284 g/mol. The molecule has 3 rings (SSSR count). The summed E-state index contributed by atoms with van der Waals surface area (Å²) >= 11 is 0. The molecule has 120 valence electrons. The molecule has 23 heavy (non-hydrogen) atoms. The number of rotatable bonds is 3. The van der Waals surface area contributed by atoms with Gasteiger partial charge in [0.2, 0.25) is 5.91 Å². The maximum Gasteiger partial charge on any atom is 0.227 e. The third-order valence-electron chi connectivity index (χ3n) is 4.48. The molecule has 3 heteroatoms. The van der Waals surface area contributed by atoms with Gasteiger partial charge in [-0.25, -0.2) is 0 Å².